The van der Waals surface area contributed by atoms with Crippen molar-refractivity contribution in [1.82, 2.24) is 0 Å². The minimum atomic E-state index is -1.27. The van der Waals surface area contributed by atoms with E-state index in [1.165, 1.54) is 13.0 Å². The van der Waals surface area contributed by atoms with Gasteiger partial charge in [-0.25, -0.2) is 19.2 Å². The number of carboxylic acid groups (broad SMARTS) is 5. The Labute approximate surface area is 149 Å². The van der Waals surface area contributed by atoms with Gasteiger partial charge < -0.3 is 25.5 Å². The lowest BCUT2D eigenvalue weighted by Gasteiger charge is -1.91. The molecule has 0 amide bonds. The number of carboxylic acids is 5. The Morgan fingerprint density at radius 3 is 1.23 bits per heavy atom. The molecule has 0 bridgehead atoms. The molecule has 0 saturated heterocycles. The fraction of sp³-hybridized carbons (Fsp3) is 0.188. The van der Waals surface area contributed by atoms with E-state index in [-0.39, 0.29) is 11.1 Å². The standard InChI is InChI=1S/C5H6O4.2C4H6O2.C3H4O2/c1-3(5(8)9)2-4(6)7;1-3(2)4(5)6;1-2-3-4(5)6;1-2-3(4)5/h1-2H2,(H,6,7)(H,8,9);1H2,2H3,(H,5,6);2-3H,1H3,(H,5,6);2H,1H2,(H,4,5). The molecule has 0 fully saturated rings. The van der Waals surface area contributed by atoms with Gasteiger partial charge in [-0.15, -0.1) is 0 Å². The predicted molar refractivity (Wildman–Crippen MR) is 91.8 cm³/mol. The van der Waals surface area contributed by atoms with E-state index < -0.39 is 36.3 Å². The van der Waals surface area contributed by atoms with Crippen molar-refractivity contribution in [3.63, 3.8) is 0 Å². The van der Waals surface area contributed by atoms with Gasteiger partial charge in [0.1, 0.15) is 0 Å². The SMILES string of the molecule is C=C(C)C(=O)O.C=C(CC(=O)O)C(=O)O.C=CC(=O)O.CC=CC(=O)O. The fourth-order valence-corrected chi connectivity index (χ4v) is 0.401. The predicted octanol–water partition coefficient (Wildman–Crippen LogP) is 1.65. The Morgan fingerprint density at radius 2 is 1.19 bits per heavy atom. The molecule has 146 valence electrons. The van der Waals surface area contributed by atoms with Gasteiger partial charge >= 0.3 is 29.8 Å². The van der Waals surface area contributed by atoms with Gasteiger partial charge in [0.05, 0.1) is 6.42 Å². The summed E-state index contributed by atoms with van der Waals surface area (Å²) in [4.78, 5) is 48.0. The van der Waals surface area contributed by atoms with Crippen LogP contribution in [0.25, 0.3) is 0 Å². The molecule has 0 spiro atoms. The summed E-state index contributed by atoms with van der Waals surface area (Å²) >= 11 is 0. The molecule has 0 saturated carbocycles. The molecule has 0 unspecified atom stereocenters. The van der Waals surface area contributed by atoms with Crippen molar-refractivity contribution in [3.05, 3.63) is 49.1 Å². The van der Waals surface area contributed by atoms with Crippen LogP contribution >= 0.6 is 0 Å². The van der Waals surface area contributed by atoms with E-state index in [2.05, 4.69) is 19.7 Å². The van der Waals surface area contributed by atoms with Crippen molar-refractivity contribution in [3.8, 4) is 0 Å². The van der Waals surface area contributed by atoms with Crippen molar-refractivity contribution in [2.24, 2.45) is 0 Å². The molecule has 0 rings (SSSR count). The van der Waals surface area contributed by atoms with Crippen LogP contribution in [0.15, 0.2) is 49.1 Å². The van der Waals surface area contributed by atoms with Crippen molar-refractivity contribution in [1.29, 1.82) is 0 Å². The first-order valence-corrected chi connectivity index (χ1v) is 6.45. The summed E-state index contributed by atoms with van der Waals surface area (Å²) in [5.74, 6) is -5.25. The van der Waals surface area contributed by atoms with Crippen molar-refractivity contribution >= 4 is 29.8 Å². The molecule has 0 aromatic heterocycles. The fourth-order valence-electron chi connectivity index (χ4n) is 0.401. The van der Waals surface area contributed by atoms with Crippen LogP contribution in [0.2, 0.25) is 0 Å². The van der Waals surface area contributed by atoms with Gasteiger partial charge in [-0.3, -0.25) is 4.79 Å². The molecule has 0 aliphatic rings. The van der Waals surface area contributed by atoms with Gasteiger partial charge in [-0.2, -0.15) is 0 Å². The summed E-state index contributed by atoms with van der Waals surface area (Å²) < 4.78 is 0. The number of allylic oxidation sites excluding steroid dienone is 1. The van der Waals surface area contributed by atoms with E-state index >= 15 is 0 Å². The van der Waals surface area contributed by atoms with E-state index in [9.17, 15) is 24.0 Å². The second-order valence-electron chi connectivity index (χ2n) is 3.95. The summed E-state index contributed by atoms with van der Waals surface area (Å²) in [6, 6.07) is 0. The minimum Gasteiger partial charge on any atom is -0.481 e. The van der Waals surface area contributed by atoms with Crippen LogP contribution in [-0.2, 0) is 24.0 Å². The van der Waals surface area contributed by atoms with E-state index in [0.29, 0.717) is 0 Å². The van der Waals surface area contributed by atoms with E-state index in [4.69, 9.17) is 25.5 Å². The molecule has 0 aliphatic carbocycles. The maximum absolute atomic E-state index is 9.87. The van der Waals surface area contributed by atoms with Crippen molar-refractivity contribution in [2.75, 3.05) is 0 Å². The average Bonchev–Trinajstić information content (AvgIpc) is 2.47. The molecule has 26 heavy (non-hydrogen) atoms. The Balaban J connectivity index is -0.000000128. The van der Waals surface area contributed by atoms with Gasteiger partial charge in [-0.05, 0) is 13.8 Å². The smallest absolute Gasteiger partial charge is 0.331 e. The highest BCUT2D eigenvalue weighted by Crippen LogP contribution is 1.95. The summed E-state index contributed by atoms with van der Waals surface area (Å²) in [6.45, 7) is 12.2. The van der Waals surface area contributed by atoms with Crippen LogP contribution in [0.5, 0.6) is 0 Å². The first-order valence-electron chi connectivity index (χ1n) is 6.45. The minimum absolute atomic E-state index is 0.176. The van der Waals surface area contributed by atoms with E-state index in [1.807, 2.05) is 0 Å². The highest BCUT2D eigenvalue weighted by molar-refractivity contribution is 5.91. The Morgan fingerprint density at radius 1 is 0.846 bits per heavy atom. The Hall–Kier alpha value is -3.69. The molecular weight excluding hydrogens is 352 g/mol. The summed E-state index contributed by atoms with van der Waals surface area (Å²) in [6.07, 6.45) is 2.89. The molecule has 5 N–H and O–H groups in total. The lowest BCUT2D eigenvalue weighted by atomic mass is 10.2. The van der Waals surface area contributed by atoms with Gasteiger partial charge in [-0.1, -0.05) is 25.8 Å². The zero-order chi connectivity index (χ0) is 21.9. The number of carbonyl (C=O) groups is 5. The van der Waals surface area contributed by atoms with Gasteiger partial charge in [0.2, 0.25) is 0 Å². The largest absolute Gasteiger partial charge is 0.481 e. The molecule has 0 aromatic carbocycles. The van der Waals surface area contributed by atoms with Gasteiger partial charge in [0, 0.05) is 23.3 Å². The first kappa shape index (κ1) is 30.2. The third-order valence-corrected chi connectivity index (χ3v) is 1.52. The van der Waals surface area contributed by atoms with Crippen LogP contribution in [-0.4, -0.2) is 55.4 Å². The maximum Gasteiger partial charge on any atom is 0.331 e. The van der Waals surface area contributed by atoms with Crippen molar-refractivity contribution < 1.29 is 49.5 Å². The van der Waals surface area contributed by atoms with Crippen molar-refractivity contribution in [2.45, 2.75) is 20.3 Å². The molecule has 0 radical (unpaired) electrons. The zero-order valence-corrected chi connectivity index (χ0v) is 14.3. The highest BCUT2D eigenvalue weighted by Gasteiger charge is 2.07. The Bertz CT molecular complexity index is 558. The van der Waals surface area contributed by atoms with Crippen LogP contribution in [0.3, 0.4) is 0 Å². The molecule has 0 heterocycles. The molecule has 0 atom stereocenters. The molecule has 0 aromatic rings. The van der Waals surface area contributed by atoms with Crippen LogP contribution in [0, 0.1) is 0 Å². The quantitative estimate of drug-likeness (QED) is 0.428. The van der Waals surface area contributed by atoms with Crippen LogP contribution in [0.4, 0.5) is 0 Å². The first-order chi connectivity index (χ1) is 11.7. The third-order valence-electron chi connectivity index (χ3n) is 1.52. The summed E-state index contributed by atoms with van der Waals surface area (Å²) in [7, 11) is 0. The summed E-state index contributed by atoms with van der Waals surface area (Å²) in [5, 5.41) is 39.4. The highest BCUT2D eigenvalue weighted by atomic mass is 16.4. The third kappa shape index (κ3) is 42.7. The van der Waals surface area contributed by atoms with Gasteiger partial charge in [0.25, 0.3) is 0 Å². The van der Waals surface area contributed by atoms with Crippen LogP contribution < -0.4 is 0 Å². The summed E-state index contributed by atoms with van der Waals surface area (Å²) in [5.41, 5.74) is -0.127. The second-order valence-corrected chi connectivity index (χ2v) is 3.95. The normalized spacial score (nSPS) is 8.08. The Kier molecular flexibility index (Phi) is 22.5. The molecule has 0 aliphatic heterocycles. The molecular formula is C16H22O10. The molecule has 10 heteroatoms. The maximum atomic E-state index is 9.87. The van der Waals surface area contributed by atoms with Gasteiger partial charge in [0.15, 0.2) is 0 Å². The lowest BCUT2D eigenvalue weighted by molar-refractivity contribution is -0.139. The number of hydrogen-bond acceptors (Lipinski definition) is 5. The number of hydrogen-bond donors (Lipinski definition) is 5. The second kappa shape index (κ2) is 19.4. The van der Waals surface area contributed by atoms with E-state index in [1.54, 1.807) is 6.92 Å². The zero-order valence-electron chi connectivity index (χ0n) is 14.3. The monoisotopic (exact) mass is 374 g/mol. The topological polar surface area (TPSA) is 186 Å². The number of aliphatic carboxylic acids is 5. The average molecular weight is 374 g/mol. The van der Waals surface area contributed by atoms with Crippen LogP contribution in [0.1, 0.15) is 20.3 Å². The molecule has 10 nitrogen and oxygen atoms in total. The lowest BCUT2D eigenvalue weighted by Crippen LogP contribution is -2.04. The van der Waals surface area contributed by atoms with E-state index in [0.717, 1.165) is 12.2 Å². The number of rotatable bonds is 6.